The molecule has 1 unspecified atom stereocenters. The van der Waals surface area contributed by atoms with Crippen molar-refractivity contribution in [1.82, 2.24) is 16.0 Å². The molecule has 158 valence electrons. The normalized spacial score (nSPS) is 20.8. The molecule has 8 heteroatoms. The van der Waals surface area contributed by atoms with Gasteiger partial charge in [-0.3, -0.25) is 9.79 Å². The molecule has 2 rings (SSSR count). The van der Waals surface area contributed by atoms with Gasteiger partial charge in [0.25, 0.3) is 0 Å². The molecular weight excluding hydrogens is 459 g/mol. The molecule has 0 radical (unpaired) electrons. The Bertz CT molecular complexity index is 425. The highest BCUT2D eigenvalue weighted by Gasteiger charge is 2.20. The zero-order valence-electron chi connectivity index (χ0n) is 16.6. The Morgan fingerprint density at radius 3 is 2.52 bits per heavy atom. The molecule has 1 amide bonds. The van der Waals surface area contributed by atoms with Gasteiger partial charge in [0.05, 0.1) is 13.2 Å². The Morgan fingerprint density at radius 2 is 1.81 bits per heavy atom. The lowest BCUT2D eigenvalue weighted by atomic mass is 9.89. The maximum atomic E-state index is 12.1. The second kappa shape index (κ2) is 15.3. The van der Waals surface area contributed by atoms with Crippen LogP contribution in [0.1, 0.15) is 44.9 Å². The Kier molecular flexibility index (Phi) is 13.9. The molecule has 0 bridgehead atoms. The molecule has 1 saturated heterocycles. The van der Waals surface area contributed by atoms with E-state index in [1.165, 1.54) is 19.3 Å². The van der Waals surface area contributed by atoms with Gasteiger partial charge in [-0.2, -0.15) is 0 Å². The van der Waals surface area contributed by atoms with Crippen molar-refractivity contribution in [1.29, 1.82) is 0 Å². The van der Waals surface area contributed by atoms with E-state index in [0.29, 0.717) is 19.0 Å². The Morgan fingerprint density at radius 1 is 1.07 bits per heavy atom. The second-order valence-corrected chi connectivity index (χ2v) is 7.21. The van der Waals surface area contributed by atoms with Crippen molar-refractivity contribution >= 4 is 35.8 Å². The SMILES string of the molecule is CN=C(NCCCOCC1CCOC1)NCCNC(=O)C1CCCCC1.I. The maximum Gasteiger partial charge on any atom is 0.223 e. The fourth-order valence-electron chi connectivity index (χ4n) is 3.44. The molecule has 27 heavy (non-hydrogen) atoms. The molecule has 1 atom stereocenters. The topological polar surface area (TPSA) is 84.0 Å². The summed E-state index contributed by atoms with van der Waals surface area (Å²) in [5.41, 5.74) is 0. The van der Waals surface area contributed by atoms with Gasteiger partial charge in [-0.05, 0) is 25.7 Å². The highest BCUT2D eigenvalue weighted by Crippen LogP contribution is 2.23. The molecule has 2 aliphatic rings. The average Bonchev–Trinajstić information content (AvgIpc) is 3.20. The van der Waals surface area contributed by atoms with E-state index in [4.69, 9.17) is 9.47 Å². The smallest absolute Gasteiger partial charge is 0.223 e. The van der Waals surface area contributed by atoms with Crippen molar-refractivity contribution < 1.29 is 14.3 Å². The van der Waals surface area contributed by atoms with Crippen LogP contribution in [-0.4, -0.2) is 65.0 Å². The van der Waals surface area contributed by atoms with Crippen LogP contribution >= 0.6 is 24.0 Å². The molecule has 1 saturated carbocycles. The summed E-state index contributed by atoms with van der Waals surface area (Å²) in [6.07, 6.45) is 7.78. The van der Waals surface area contributed by atoms with Crippen molar-refractivity contribution in [3.63, 3.8) is 0 Å². The van der Waals surface area contributed by atoms with Gasteiger partial charge in [-0.1, -0.05) is 19.3 Å². The van der Waals surface area contributed by atoms with Gasteiger partial charge in [-0.15, -0.1) is 24.0 Å². The molecule has 1 aliphatic heterocycles. The average molecular weight is 496 g/mol. The quantitative estimate of drug-likeness (QED) is 0.186. The van der Waals surface area contributed by atoms with Crippen molar-refractivity contribution in [3.8, 4) is 0 Å². The molecule has 7 nitrogen and oxygen atoms in total. The number of amides is 1. The molecule has 0 aromatic carbocycles. The highest BCUT2D eigenvalue weighted by molar-refractivity contribution is 14.0. The minimum absolute atomic E-state index is 0. The van der Waals surface area contributed by atoms with E-state index in [9.17, 15) is 4.79 Å². The summed E-state index contributed by atoms with van der Waals surface area (Å²) in [5.74, 6) is 1.76. The number of halogens is 1. The first-order valence-corrected chi connectivity index (χ1v) is 10.2. The van der Waals surface area contributed by atoms with E-state index < -0.39 is 0 Å². The summed E-state index contributed by atoms with van der Waals surface area (Å²) in [6, 6.07) is 0. The van der Waals surface area contributed by atoms with Crippen molar-refractivity contribution in [2.45, 2.75) is 44.9 Å². The predicted octanol–water partition coefficient (Wildman–Crippen LogP) is 1.91. The van der Waals surface area contributed by atoms with Gasteiger partial charge in [0.15, 0.2) is 5.96 Å². The Labute approximate surface area is 180 Å². The number of aliphatic imine (C=N–C) groups is 1. The lowest BCUT2D eigenvalue weighted by Gasteiger charge is -2.21. The molecular formula is C19H37IN4O3. The number of carbonyl (C=O) groups is 1. The number of hydrogen-bond acceptors (Lipinski definition) is 4. The van der Waals surface area contributed by atoms with E-state index >= 15 is 0 Å². The van der Waals surface area contributed by atoms with Crippen LogP contribution in [0, 0.1) is 11.8 Å². The van der Waals surface area contributed by atoms with Gasteiger partial charge < -0.3 is 25.4 Å². The summed E-state index contributed by atoms with van der Waals surface area (Å²) in [6.45, 7) is 5.38. The lowest BCUT2D eigenvalue weighted by Crippen LogP contribution is -2.43. The zero-order valence-corrected chi connectivity index (χ0v) is 19.0. The van der Waals surface area contributed by atoms with E-state index in [1.54, 1.807) is 7.05 Å². The molecule has 0 aromatic rings. The molecule has 3 N–H and O–H groups in total. The second-order valence-electron chi connectivity index (χ2n) is 7.21. The Balaban J connectivity index is 0.00000364. The number of ether oxygens (including phenoxy) is 2. The zero-order chi connectivity index (χ0) is 18.5. The van der Waals surface area contributed by atoms with Crippen molar-refractivity contribution in [2.75, 3.05) is 53.1 Å². The first kappa shape index (κ1) is 24.4. The summed E-state index contributed by atoms with van der Waals surface area (Å²) >= 11 is 0. The number of nitrogens with zero attached hydrogens (tertiary/aromatic N) is 1. The summed E-state index contributed by atoms with van der Waals surface area (Å²) in [5, 5.41) is 9.53. The third-order valence-electron chi connectivity index (χ3n) is 5.05. The third-order valence-corrected chi connectivity index (χ3v) is 5.05. The van der Waals surface area contributed by atoms with Crippen LogP contribution in [0.3, 0.4) is 0 Å². The molecule has 1 heterocycles. The third kappa shape index (κ3) is 10.5. The van der Waals surface area contributed by atoms with Crippen LogP contribution in [0.4, 0.5) is 0 Å². The van der Waals surface area contributed by atoms with E-state index in [2.05, 4.69) is 20.9 Å². The summed E-state index contributed by atoms with van der Waals surface area (Å²) in [4.78, 5) is 16.3. The van der Waals surface area contributed by atoms with Gasteiger partial charge in [0, 0.05) is 51.7 Å². The molecule has 0 spiro atoms. The van der Waals surface area contributed by atoms with Crippen LogP contribution in [-0.2, 0) is 14.3 Å². The van der Waals surface area contributed by atoms with Crippen molar-refractivity contribution in [3.05, 3.63) is 0 Å². The van der Waals surface area contributed by atoms with Crippen LogP contribution in [0.2, 0.25) is 0 Å². The van der Waals surface area contributed by atoms with Crippen LogP contribution in [0.25, 0.3) is 0 Å². The van der Waals surface area contributed by atoms with E-state index in [-0.39, 0.29) is 35.8 Å². The lowest BCUT2D eigenvalue weighted by molar-refractivity contribution is -0.125. The van der Waals surface area contributed by atoms with E-state index in [0.717, 1.165) is 64.6 Å². The van der Waals surface area contributed by atoms with Gasteiger partial charge in [-0.25, -0.2) is 0 Å². The Hall–Kier alpha value is -0.610. The summed E-state index contributed by atoms with van der Waals surface area (Å²) in [7, 11) is 1.76. The minimum atomic E-state index is 0. The first-order chi connectivity index (χ1) is 12.8. The standard InChI is InChI=1S/C19H36N4O3.HI/c1-20-19(22-9-5-12-25-14-16-8-13-26-15-16)23-11-10-21-18(24)17-6-3-2-4-7-17;/h16-17H,2-15H2,1H3,(H,21,24)(H2,20,22,23);1H. The fraction of sp³-hybridized carbons (Fsp3) is 0.895. The summed E-state index contributed by atoms with van der Waals surface area (Å²) < 4.78 is 11.0. The number of guanidine groups is 1. The first-order valence-electron chi connectivity index (χ1n) is 10.2. The molecule has 0 aromatic heterocycles. The van der Waals surface area contributed by atoms with Crippen molar-refractivity contribution in [2.24, 2.45) is 16.8 Å². The monoisotopic (exact) mass is 496 g/mol. The molecule has 2 fully saturated rings. The van der Waals surface area contributed by atoms with Crippen LogP contribution in [0.5, 0.6) is 0 Å². The minimum Gasteiger partial charge on any atom is -0.381 e. The molecule has 1 aliphatic carbocycles. The maximum absolute atomic E-state index is 12.1. The number of carbonyl (C=O) groups excluding carboxylic acids is 1. The largest absolute Gasteiger partial charge is 0.381 e. The fourth-order valence-corrected chi connectivity index (χ4v) is 3.44. The number of hydrogen-bond donors (Lipinski definition) is 3. The van der Waals surface area contributed by atoms with Gasteiger partial charge in [0.1, 0.15) is 0 Å². The predicted molar refractivity (Wildman–Crippen MR) is 119 cm³/mol. The van der Waals surface area contributed by atoms with Gasteiger partial charge in [0.2, 0.25) is 5.91 Å². The van der Waals surface area contributed by atoms with Crippen LogP contribution in [0.15, 0.2) is 4.99 Å². The number of nitrogens with one attached hydrogen (secondary N) is 3. The number of rotatable bonds is 10. The highest BCUT2D eigenvalue weighted by atomic mass is 127. The van der Waals surface area contributed by atoms with E-state index in [1.807, 2.05) is 0 Å². The van der Waals surface area contributed by atoms with Crippen LogP contribution < -0.4 is 16.0 Å². The van der Waals surface area contributed by atoms with Gasteiger partial charge >= 0.3 is 0 Å².